The van der Waals surface area contributed by atoms with Crippen LogP contribution in [0.15, 0.2) is 18.2 Å². The minimum Gasteiger partial charge on any atom is -0.461 e. The average Bonchev–Trinajstić information content (AvgIpc) is 2.73. The second kappa shape index (κ2) is 12.9. The Labute approximate surface area is 178 Å². The minimum atomic E-state index is -1.08. The standard InChI is InChI=1S/C19H25NO11/c1-5-27-19(24)29-11(2)10-28-16(21)13(20)8-12-6-7-14(30-17(22)25-3)15(9-12)31-18(23)26-4/h6-7,9,11,13H,5,8,10,20H2,1-4H3/t11-,13-/m0/s1. The third-order valence-electron chi connectivity index (χ3n) is 3.51. The number of carbonyl (C=O) groups excluding carboxylic acids is 4. The smallest absolute Gasteiger partial charge is 0.461 e. The molecule has 0 bridgehead atoms. The van der Waals surface area contributed by atoms with Crippen LogP contribution in [-0.2, 0) is 34.9 Å². The zero-order valence-corrected chi connectivity index (χ0v) is 17.6. The molecule has 2 atom stereocenters. The SMILES string of the molecule is CCOC(=O)O[C@@H](C)COC(=O)[C@@H](N)Cc1ccc(OC(=O)OC)c(OC(=O)OC)c1. The molecule has 0 amide bonds. The van der Waals surface area contributed by atoms with Gasteiger partial charge in [0.2, 0.25) is 0 Å². The third kappa shape index (κ3) is 9.21. The lowest BCUT2D eigenvalue weighted by Gasteiger charge is -2.16. The molecule has 12 heteroatoms. The Morgan fingerprint density at radius 2 is 1.55 bits per heavy atom. The first-order valence-electron chi connectivity index (χ1n) is 9.10. The van der Waals surface area contributed by atoms with Gasteiger partial charge in [0.1, 0.15) is 18.8 Å². The first-order valence-corrected chi connectivity index (χ1v) is 9.10. The van der Waals surface area contributed by atoms with E-state index >= 15 is 0 Å². The third-order valence-corrected chi connectivity index (χ3v) is 3.51. The zero-order valence-electron chi connectivity index (χ0n) is 17.6. The summed E-state index contributed by atoms with van der Waals surface area (Å²) >= 11 is 0. The van der Waals surface area contributed by atoms with Crippen LogP contribution in [0.1, 0.15) is 19.4 Å². The Bertz CT molecular complexity index is 780. The number of rotatable bonds is 9. The monoisotopic (exact) mass is 443 g/mol. The molecule has 2 N–H and O–H groups in total. The van der Waals surface area contributed by atoms with E-state index in [0.29, 0.717) is 5.56 Å². The highest BCUT2D eigenvalue weighted by molar-refractivity contribution is 5.76. The highest BCUT2D eigenvalue weighted by atomic mass is 16.7. The van der Waals surface area contributed by atoms with Crippen molar-refractivity contribution in [1.82, 2.24) is 0 Å². The van der Waals surface area contributed by atoms with Crippen molar-refractivity contribution in [1.29, 1.82) is 0 Å². The molecule has 0 heterocycles. The van der Waals surface area contributed by atoms with Gasteiger partial charge in [-0.2, -0.15) is 0 Å². The van der Waals surface area contributed by atoms with Crippen molar-refractivity contribution in [2.75, 3.05) is 27.4 Å². The fraction of sp³-hybridized carbons (Fsp3) is 0.474. The predicted octanol–water partition coefficient (Wildman–Crippen LogP) is 1.95. The molecule has 1 rings (SSSR count). The first-order chi connectivity index (χ1) is 14.7. The summed E-state index contributed by atoms with van der Waals surface area (Å²) in [5, 5.41) is 0. The van der Waals surface area contributed by atoms with Gasteiger partial charge in [0, 0.05) is 0 Å². The molecule has 172 valence electrons. The molecule has 1 aromatic rings. The quantitative estimate of drug-likeness (QED) is 0.336. The van der Waals surface area contributed by atoms with E-state index in [-0.39, 0.29) is 31.1 Å². The van der Waals surface area contributed by atoms with Crippen molar-refractivity contribution in [3.8, 4) is 11.5 Å². The summed E-state index contributed by atoms with van der Waals surface area (Å²) in [6, 6.07) is 3.10. The second-order valence-electron chi connectivity index (χ2n) is 5.95. The van der Waals surface area contributed by atoms with Gasteiger partial charge in [-0.25, -0.2) is 14.4 Å². The van der Waals surface area contributed by atoms with Crippen LogP contribution in [0.2, 0.25) is 0 Å². The maximum Gasteiger partial charge on any atom is 0.513 e. The average molecular weight is 443 g/mol. The Morgan fingerprint density at radius 3 is 2.13 bits per heavy atom. The summed E-state index contributed by atoms with van der Waals surface area (Å²) in [4.78, 5) is 46.1. The van der Waals surface area contributed by atoms with Gasteiger partial charge in [-0.15, -0.1) is 0 Å². The van der Waals surface area contributed by atoms with E-state index in [0.717, 1.165) is 14.2 Å². The molecule has 31 heavy (non-hydrogen) atoms. The Morgan fingerprint density at radius 1 is 0.935 bits per heavy atom. The molecule has 0 aliphatic rings. The molecule has 1 aromatic carbocycles. The summed E-state index contributed by atoms with van der Waals surface area (Å²) in [7, 11) is 2.21. The molecule has 0 fully saturated rings. The maximum atomic E-state index is 12.1. The van der Waals surface area contributed by atoms with Gasteiger partial charge >= 0.3 is 24.4 Å². The summed E-state index contributed by atoms with van der Waals surface area (Å²) in [5.74, 6) is -1.00. The van der Waals surface area contributed by atoms with Crippen LogP contribution < -0.4 is 15.2 Å². The Balaban J connectivity index is 2.75. The van der Waals surface area contributed by atoms with E-state index in [1.165, 1.54) is 25.1 Å². The number of hydrogen-bond acceptors (Lipinski definition) is 12. The topological polar surface area (TPSA) is 159 Å². The van der Waals surface area contributed by atoms with Gasteiger partial charge < -0.3 is 38.9 Å². The van der Waals surface area contributed by atoms with Crippen molar-refractivity contribution >= 4 is 24.4 Å². The Kier molecular flexibility index (Phi) is 10.6. The van der Waals surface area contributed by atoms with Crippen LogP contribution in [0.4, 0.5) is 14.4 Å². The Hall–Kier alpha value is -3.54. The van der Waals surface area contributed by atoms with E-state index in [9.17, 15) is 19.2 Å². The summed E-state index contributed by atoms with van der Waals surface area (Å²) < 4.78 is 33.2. The van der Waals surface area contributed by atoms with Gasteiger partial charge in [-0.1, -0.05) is 6.07 Å². The van der Waals surface area contributed by atoms with Crippen molar-refractivity contribution < 1.29 is 52.3 Å². The van der Waals surface area contributed by atoms with E-state index in [2.05, 4.69) is 14.2 Å². The predicted molar refractivity (Wildman–Crippen MR) is 103 cm³/mol. The molecule has 0 aromatic heterocycles. The number of hydrogen-bond donors (Lipinski definition) is 1. The molecule has 0 aliphatic carbocycles. The van der Waals surface area contributed by atoms with Crippen molar-refractivity contribution in [2.45, 2.75) is 32.4 Å². The normalized spacial score (nSPS) is 12.0. The molecule has 0 unspecified atom stereocenters. The largest absolute Gasteiger partial charge is 0.513 e. The molecular weight excluding hydrogens is 418 g/mol. The van der Waals surface area contributed by atoms with Crippen molar-refractivity contribution in [3.05, 3.63) is 23.8 Å². The molecule has 12 nitrogen and oxygen atoms in total. The molecular formula is C19H25NO11. The molecule has 0 aliphatic heterocycles. The van der Waals surface area contributed by atoms with Crippen LogP contribution in [0.25, 0.3) is 0 Å². The number of benzene rings is 1. The number of carbonyl (C=O) groups is 4. The lowest BCUT2D eigenvalue weighted by atomic mass is 10.1. The van der Waals surface area contributed by atoms with E-state index < -0.39 is 36.6 Å². The molecule has 0 saturated carbocycles. The van der Waals surface area contributed by atoms with Gasteiger partial charge in [0.05, 0.1) is 20.8 Å². The molecule has 0 spiro atoms. The fourth-order valence-corrected chi connectivity index (χ4v) is 2.10. The lowest BCUT2D eigenvalue weighted by molar-refractivity contribution is -0.148. The minimum absolute atomic E-state index is 0.00197. The van der Waals surface area contributed by atoms with Crippen LogP contribution in [-0.4, -0.2) is 64.0 Å². The van der Waals surface area contributed by atoms with E-state index in [4.69, 9.17) is 24.7 Å². The van der Waals surface area contributed by atoms with E-state index in [1.54, 1.807) is 6.92 Å². The first kappa shape index (κ1) is 25.5. The highest BCUT2D eigenvalue weighted by Gasteiger charge is 2.21. The van der Waals surface area contributed by atoms with Crippen LogP contribution in [0, 0.1) is 0 Å². The highest BCUT2D eigenvalue weighted by Crippen LogP contribution is 2.29. The zero-order chi connectivity index (χ0) is 23.4. The van der Waals surface area contributed by atoms with E-state index in [1.807, 2.05) is 0 Å². The van der Waals surface area contributed by atoms with Crippen molar-refractivity contribution in [2.24, 2.45) is 5.73 Å². The van der Waals surface area contributed by atoms with Crippen LogP contribution >= 0.6 is 0 Å². The number of ether oxygens (including phenoxy) is 7. The lowest BCUT2D eigenvalue weighted by Crippen LogP contribution is -2.36. The number of methoxy groups -OCH3 is 2. The second-order valence-corrected chi connectivity index (χ2v) is 5.95. The van der Waals surface area contributed by atoms with Gasteiger partial charge in [-0.05, 0) is 38.0 Å². The number of nitrogens with two attached hydrogens (primary N) is 1. The fourth-order valence-electron chi connectivity index (χ4n) is 2.10. The molecule has 0 radical (unpaired) electrons. The molecule has 0 saturated heterocycles. The van der Waals surface area contributed by atoms with Gasteiger partial charge in [0.15, 0.2) is 11.5 Å². The maximum absolute atomic E-state index is 12.1. The van der Waals surface area contributed by atoms with Crippen LogP contribution in [0.3, 0.4) is 0 Å². The summed E-state index contributed by atoms with van der Waals surface area (Å²) in [6.07, 6.45) is -3.68. The summed E-state index contributed by atoms with van der Waals surface area (Å²) in [6.45, 7) is 3.09. The van der Waals surface area contributed by atoms with Crippen molar-refractivity contribution in [3.63, 3.8) is 0 Å². The van der Waals surface area contributed by atoms with Gasteiger partial charge in [0.25, 0.3) is 0 Å². The van der Waals surface area contributed by atoms with Gasteiger partial charge in [-0.3, -0.25) is 4.79 Å². The number of esters is 1. The van der Waals surface area contributed by atoms with Crippen LogP contribution in [0.5, 0.6) is 11.5 Å². The summed E-state index contributed by atoms with van der Waals surface area (Å²) in [5.41, 5.74) is 6.33.